The lowest BCUT2D eigenvalue weighted by atomic mass is 9.97. The monoisotopic (exact) mass is 401 g/mol. The maximum Gasteiger partial charge on any atom is 0.452 e. The topological polar surface area (TPSA) is 49.6 Å². The lowest BCUT2D eigenvalue weighted by molar-refractivity contribution is -0.156. The van der Waals surface area contributed by atoms with Gasteiger partial charge >= 0.3 is 6.18 Å². The van der Waals surface area contributed by atoms with Gasteiger partial charge in [0.15, 0.2) is 0 Å². The highest BCUT2D eigenvalue weighted by molar-refractivity contribution is 7.17. The van der Waals surface area contributed by atoms with E-state index in [0.29, 0.717) is 28.8 Å². The molecule has 27 heavy (non-hydrogen) atoms. The third-order valence-corrected chi connectivity index (χ3v) is 5.74. The Labute approximate surface area is 159 Å². The number of rotatable bonds is 4. The fourth-order valence-electron chi connectivity index (χ4n) is 3.48. The maximum atomic E-state index is 12.9. The van der Waals surface area contributed by atoms with Crippen molar-refractivity contribution in [3.05, 3.63) is 28.3 Å². The summed E-state index contributed by atoms with van der Waals surface area (Å²) in [5.74, 6) is -0.738. The number of nitrogens with zero attached hydrogens (tertiary/aromatic N) is 3. The molecular formula is C18H22F3N3O2S. The van der Waals surface area contributed by atoms with Crippen LogP contribution in [0.2, 0.25) is 0 Å². The molecule has 1 atom stereocenters. The van der Waals surface area contributed by atoms with E-state index in [2.05, 4.69) is 14.6 Å². The number of hydrogen-bond donors (Lipinski definition) is 0. The van der Waals surface area contributed by atoms with Crippen molar-refractivity contribution in [2.75, 3.05) is 33.7 Å². The molecule has 9 heteroatoms. The molecule has 148 valence electrons. The maximum absolute atomic E-state index is 12.9. The minimum absolute atomic E-state index is 0.0626. The number of halogens is 3. The first-order valence-electron chi connectivity index (χ1n) is 8.74. The van der Waals surface area contributed by atoms with Gasteiger partial charge in [-0.25, -0.2) is 0 Å². The van der Waals surface area contributed by atoms with Crippen molar-refractivity contribution in [1.29, 1.82) is 0 Å². The zero-order chi connectivity index (χ0) is 19.8. The Balaban J connectivity index is 1.76. The van der Waals surface area contributed by atoms with Crippen molar-refractivity contribution < 1.29 is 22.5 Å². The van der Waals surface area contributed by atoms with E-state index in [1.54, 1.807) is 12.1 Å². The summed E-state index contributed by atoms with van der Waals surface area (Å²) in [5.41, 5.74) is 0.0721. The average Bonchev–Trinajstić information content (AvgIpc) is 3.19. The minimum Gasteiger partial charge on any atom is -0.351 e. The summed E-state index contributed by atoms with van der Waals surface area (Å²) < 4.78 is 43.1. The Hall–Kier alpha value is -1.87. The molecule has 5 nitrogen and oxygen atoms in total. The van der Waals surface area contributed by atoms with Gasteiger partial charge in [0.1, 0.15) is 5.69 Å². The van der Waals surface area contributed by atoms with Gasteiger partial charge in [-0.2, -0.15) is 13.2 Å². The van der Waals surface area contributed by atoms with Crippen LogP contribution >= 0.6 is 11.3 Å². The molecule has 0 unspecified atom stereocenters. The summed E-state index contributed by atoms with van der Waals surface area (Å²) in [5, 5.41) is 3.57. The molecule has 1 fully saturated rings. The van der Waals surface area contributed by atoms with Gasteiger partial charge in [0.25, 0.3) is 5.91 Å². The Bertz CT molecular complexity index is 813. The highest BCUT2D eigenvalue weighted by Crippen LogP contribution is 2.38. The summed E-state index contributed by atoms with van der Waals surface area (Å²) in [6, 6.07) is 3.28. The van der Waals surface area contributed by atoms with E-state index in [1.807, 2.05) is 19.0 Å². The standard InChI is InChI=1S/C18H22F3N3O2S/c1-11-15(22-26-16(11)18(19,20)21)13-6-7-14(27-13)17(25)24-8-4-5-12(10-24)9-23(2)3/h6-7,12H,4-5,8-10H2,1-3H3/t12-/m0/s1. The average molecular weight is 401 g/mol. The van der Waals surface area contributed by atoms with Gasteiger partial charge < -0.3 is 14.3 Å². The normalized spacial score (nSPS) is 18.3. The minimum atomic E-state index is -4.58. The van der Waals surface area contributed by atoms with Crippen LogP contribution in [0.3, 0.4) is 0 Å². The second kappa shape index (κ2) is 7.63. The molecule has 0 bridgehead atoms. The second-order valence-corrected chi connectivity index (χ2v) is 8.25. The zero-order valence-electron chi connectivity index (χ0n) is 15.5. The Morgan fingerprint density at radius 2 is 2.15 bits per heavy atom. The number of thiophene rings is 1. The van der Waals surface area contributed by atoms with E-state index in [9.17, 15) is 18.0 Å². The van der Waals surface area contributed by atoms with E-state index in [0.717, 1.165) is 30.7 Å². The van der Waals surface area contributed by atoms with Crippen LogP contribution in [-0.4, -0.2) is 54.6 Å². The summed E-state index contributed by atoms with van der Waals surface area (Å²) >= 11 is 1.15. The molecule has 3 rings (SSSR count). The van der Waals surface area contributed by atoms with Gasteiger partial charge in [-0.15, -0.1) is 11.3 Å². The highest BCUT2D eigenvalue weighted by Gasteiger charge is 2.39. The quantitative estimate of drug-likeness (QED) is 0.773. The number of hydrogen-bond acceptors (Lipinski definition) is 5. The molecule has 0 N–H and O–H groups in total. The summed E-state index contributed by atoms with van der Waals surface area (Å²) in [7, 11) is 4.03. The molecule has 2 aromatic heterocycles. The molecular weight excluding hydrogens is 379 g/mol. The van der Waals surface area contributed by atoms with Crippen LogP contribution in [-0.2, 0) is 6.18 Å². The molecule has 0 spiro atoms. The zero-order valence-corrected chi connectivity index (χ0v) is 16.3. The van der Waals surface area contributed by atoms with Crippen LogP contribution in [0.1, 0.15) is 33.8 Å². The van der Waals surface area contributed by atoms with Gasteiger partial charge in [-0.05, 0) is 51.9 Å². The van der Waals surface area contributed by atoms with Crippen molar-refractivity contribution in [2.24, 2.45) is 5.92 Å². The summed E-state index contributed by atoms with van der Waals surface area (Å²) in [6.45, 7) is 3.66. The van der Waals surface area contributed by atoms with Gasteiger partial charge in [-0.1, -0.05) is 5.16 Å². The first-order chi connectivity index (χ1) is 12.7. The summed E-state index contributed by atoms with van der Waals surface area (Å²) in [6.07, 6.45) is -2.53. The third kappa shape index (κ3) is 4.35. The number of alkyl halides is 3. The Kier molecular flexibility index (Phi) is 5.62. The SMILES string of the molecule is Cc1c(-c2ccc(C(=O)N3CCC[C@@H](CN(C)C)C3)s2)noc1C(F)(F)F. The van der Waals surface area contributed by atoms with Crippen molar-refractivity contribution in [1.82, 2.24) is 15.0 Å². The van der Waals surface area contributed by atoms with Crippen molar-refractivity contribution in [3.8, 4) is 10.6 Å². The number of piperidine rings is 1. The molecule has 2 aromatic rings. The lowest BCUT2D eigenvalue weighted by Crippen LogP contribution is -2.42. The predicted molar refractivity (Wildman–Crippen MR) is 96.7 cm³/mol. The van der Waals surface area contributed by atoms with Gasteiger partial charge in [0.2, 0.25) is 5.76 Å². The van der Waals surface area contributed by atoms with E-state index in [1.165, 1.54) is 6.92 Å². The fourth-order valence-corrected chi connectivity index (χ4v) is 4.49. The molecule has 1 aliphatic rings. The van der Waals surface area contributed by atoms with Crippen molar-refractivity contribution >= 4 is 17.2 Å². The van der Waals surface area contributed by atoms with Crippen LogP contribution in [0.25, 0.3) is 10.6 Å². The van der Waals surface area contributed by atoms with Crippen molar-refractivity contribution in [3.63, 3.8) is 0 Å². The molecule has 0 aromatic carbocycles. The van der Waals surface area contributed by atoms with E-state index in [4.69, 9.17) is 0 Å². The first-order valence-corrected chi connectivity index (χ1v) is 9.56. The second-order valence-electron chi connectivity index (χ2n) is 7.17. The Morgan fingerprint density at radius 1 is 1.41 bits per heavy atom. The predicted octanol–water partition coefficient (Wildman–Crippen LogP) is 4.14. The number of likely N-dealkylation sites (tertiary alicyclic amines) is 1. The smallest absolute Gasteiger partial charge is 0.351 e. The number of amides is 1. The summed E-state index contributed by atoms with van der Waals surface area (Å²) in [4.78, 5) is 17.8. The number of carbonyl (C=O) groups excluding carboxylic acids is 1. The van der Waals surface area contributed by atoms with E-state index in [-0.39, 0.29) is 17.2 Å². The molecule has 0 radical (unpaired) electrons. The molecule has 0 aliphatic carbocycles. The van der Waals surface area contributed by atoms with Crippen molar-refractivity contribution in [2.45, 2.75) is 25.9 Å². The molecule has 0 saturated carbocycles. The van der Waals surface area contributed by atoms with Gasteiger partial charge in [0, 0.05) is 25.2 Å². The number of carbonyl (C=O) groups is 1. The first kappa shape index (κ1) is 19.9. The highest BCUT2D eigenvalue weighted by atomic mass is 32.1. The fraction of sp³-hybridized carbons (Fsp3) is 0.556. The molecule has 1 amide bonds. The van der Waals surface area contributed by atoms with E-state index >= 15 is 0 Å². The van der Waals surface area contributed by atoms with Crippen LogP contribution in [0, 0.1) is 12.8 Å². The van der Waals surface area contributed by atoms with Crippen LogP contribution in [0.4, 0.5) is 13.2 Å². The largest absolute Gasteiger partial charge is 0.452 e. The van der Waals surface area contributed by atoms with E-state index < -0.39 is 11.9 Å². The van der Waals surface area contributed by atoms with Crippen LogP contribution < -0.4 is 0 Å². The lowest BCUT2D eigenvalue weighted by Gasteiger charge is -2.33. The molecule has 1 saturated heterocycles. The third-order valence-electron chi connectivity index (χ3n) is 4.66. The molecule has 3 heterocycles. The molecule has 1 aliphatic heterocycles. The van der Waals surface area contributed by atoms with Gasteiger partial charge in [0.05, 0.1) is 9.75 Å². The van der Waals surface area contributed by atoms with Crippen LogP contribution in [0.5, 0.6) is 0 Å². The number of aromatic nitrogens is 1. The Morgan fingerprint density at radius 3 is 2.78 bits per heavy atom. The van der Waals surface area contributed by atoms with Crippen LogP contribution in [0.15, 0.2) is 16.7 Å². The van der Waals surface area contributed by atoms with Gasteiger partial charge in [-0.3, -0.25) is 4.79 Å².